The maximum absolute atomic E-state index is 4.36. The first-order valence-electron chi connectivity index (χ1n) is 4.96. The van der Waals surface area contributed by atoms with Crippen molar-refractivity contribution in [3.63, 3.8) is 0 Å². The van der Waals surface area contributed by atoms with Crippen LogP contribution in [0.1, 0.15) is 18.1 Å². The Bertz CT molecular complexity index is 403. The molecular weight excluding hydrogens is 188 g/mol. The molecule has 0 N–H and O–H groups in total. The van der Waals surface area contributed by atoms with Gasteiger partial charge in [-0.05, 0) is 28.3 Å². The molecule has 0 atom stereocenters. The summed E-state index contributed by atoms with van der Waals surface area (Å²) in [4.78, 5) is 0. The van der Waals surface area contributed by atoms with E-state index in [4.69, 9.17) is 0 Å². The van der Waals surface area contributed by atoms with Gasteiger partial charge in [0.05, 0.1) is 0 Å². The molecule has 0 saturated carbocycles. The van der Waals surface area contributed by atoms with Crippen LogP contribution in [0.25, 0.3) is 10.8 Å². The molecule has 2 aromatic carbocycles. The smallest absolute Gasteiger partial charge is 0.0157 e. The molecule has 0 aliphatic heterocycles. The molecule has 0 heterocycles. The lowest BCUT2D eigenvalue weighted by Crippen LogP contribution is -1.89. The standard InChI is InChI=1S/C13H14S/c1-2-10-7-11-5-3-4-6-12(11)8-13(10)9-14/h3-8,14H,2,9H2,1H3. The minimum atomic E-state index is 0.827. The van der Waals surface area contributed by atoms with Crippen molar-refractivity contribution in [2.45, 2.75) is 19.1 Å². The summed E-state index contributed by atoms with van der Waals surface area (Å²) in [6.45, 7) is 2.19. The van der Waals surface area contributed by atoms with Gasteiger partial charge in [0.2, 0.25) is 0 Å². The molecule has 0 aliphatic rings. The summed E-state index contributed by atoms with van der Waals surface area (Å²) in [6, 6.07) is 13.0. The Morgan fingerprint density at radius 3 is 2.07 bits per heavy atom. The van der Waals surface area contributed by atoms with Crippen LogP contribution >= 0.6 is 12.6 Å². The second kappa shape index (κ2) is 4.05. The van der Waals surface area contributed by atoms with E-state index in [0.29, 0.717) is 0 Å². The van der Waals surface area contributed by atoms with Crippen molar-refractivity contribution in [1.82, 2.24) is 0 Å². The molecule has 2 aromatic rings. The van der Waals surface area contributed by atoms with Gasteiger partial charge in [0.25, 0.3) is 0 Å². The molecule has 0 bridgehead atoms. The maximum Gasteiger partial charge on any atom is 0.0157 e. The Morgan fingerprint density at radius 2 is 1.57 bits per heavy atom. The number of hydrogen-bond donors (Lipinski definition) is 1. The molecule has 0 nitrogen and oxygen atoms in total. The maximum atomic E-state index is 4.36. The van der Waals surface area contributed by atoms with Crippen LogP contribution in [-0.4, -0.2) is 0 Å². The zero-order valence-corrected chi connectivity index (χ0v) is 9.22. The summed E-state index contributed by atoms with van der Waals surface area (Å²) in [5.41, 5.74) is 2.77. The minimum absolute atomic E-state index is 0.827. The fourth-order valence-corrected chi connectivity index (χ4v) is 2.11. The monoisotopic (exact) mass is 202 g/mol. The molecule has 1 heteroatoms. The van der Waals surface area contributed by atoms with Crippen LogP contribution < -0.4 is 0 Å². The second-order valence-electron chi connectivity index (χ2n) is 3.48. The predicted octanol–water partition coefficient (Wildman–Crippen LogP) is 3.83. The van der Waals surface area contributed by atoms with Gasteiger partial charge in [0.1, 0.15) is 0 Å². The van der Waals surface area contributed by atoms with Gasteiger partial charge in [0, 0.05) is 5.75 Å². The second-order valence-corrected chi connectivity index (χ2v) is 3.80. The quantitative estimate of drug-likeness (QED) is 0.703. The molecular formula is C13H14S. The van der Waals surface area contributed by atoms with Crippen LogP contribution in [0.4, 0.5) is 0 Å². The Morgan fingerprint density at radius 1 is 1.00 bits per heavy atom. The lowest BCUT2D eigenvalue weighted by molar-refractivity contribution is 1.11. The van der Waals surface area contributed by atoms with Crippen molar-refractivity contribution in [1.29, 1.82) is 0 Å². The van der Waals surface area contributed by atoms with Crippen LogP contribution in [0, 0.1) is 0 Å². The van der Waals surface area contributed by atoms with Gasteiger partial charge in [0.15, 0.2) is 0 Å². The Balaban J connectivity index is 2.69. The summed E-state index contributed by atoms with van der Waals surface area (Å²) < 4.78 is 0. The molecule has 0 aliphatic carbocycles. The van der Waals surface area contributed by atoms with E-state index in [-0.39, 0.29) is 0 Å². The summed E-state index contributed by atoms with van der Waals surface area (Å²) in [6.07, 6.45) is 1.08. The van der Waals surface area contributed by atoms with E-state index in [1.54, 1.807) is 0 Å². The van der Waals surface area contributed by atoms with E-state index < -0.39 is 0 Å². The lowest BCUT2D eigenvalue weighted by Gasteiger charge is -2.07. The molecule has 0 saturated heterocycles. The Kier molecular flexibility index (Phi) is 2.78. The number of thiol groups is 1. The van der Waals surface area contributed by atoms with E-state index in [1.807, 2.05) is 0 Å². The van der Waals surface area contributed by atoms with Crippen molar-refractivity contribution in [2.75, 3.05) is 0 Å². The van der Waals surface area contributed by atoms with Crippen LogP contribution in [-0.2, 0) is 12.2 Å². The van der Waals surface area contributed by atoms with Gasteiger partial charge >= 0.3 is 0 Å². The molecule has 0 fully saturated rings. The third-order valence-corrected chi connectivity index (χ3v) is 2.96. The van der Waals surface area contributed by atoms with Gasteiger partial charge in [-0.3, -0.25) is 0 Å². The van der Waals surface area contributed by atoms with Crippen molar-refractivity contribution in [3.05, 3.63) is 47.5 Å². The highest BCUT2D eigenvalue weighted by atomic mass is 32.1. The Hall–Kier alpha value is -0.950. The molecule has 72 valence electrons. The summed E-state index contributed by atoms with van der Waals surface area (Å²) in [5, 5.41) is 2.64. The third kappa shape index (κ3) is 1.64. The van der Waals surface area contributed by atoms with Crippen LogP contribution in [0.3, 0.4) is 0 Å². The Labute approximate surface area is 90.4 Å². The van der Waals surface area contributed by atoms with Crippen molar-refractivity contribution >= 4 is 23.4 Å². The molecule has 0 radical (unpaired) electrons. The predicted molar refractivity (Wildman–Crippen MR) is 66.0 cm³/mol. The highest BCUT2D eigenvalue weighted by Crippen LogP contribution is 2.21. The highest BCUT2D eigenvalue weighted by molar-refractivity contribution is 7.79. The lowest BCUT2D eigenvalue weighted by atomic mass is 10.0. The molecule has 2 rings (SSSR count). The van der Waals surface area contributed by atoms with E-state index in [2.05, 4.69) is 56.0 Å². The minimum Gasteiger partial charge on any atom is -0.175 e. The first-order chi connectivity index (χ1) is 6.85. The van der Waals surface area contributed by atoms with Crippen LogP contribution in [0.2, 0.25) is 0 Å². The average Bonchev–Trinajstić information content (AvgIpc) is 2.27. The van der Waals surface area contributed by atoms with Gasteiger partial charge in [-0.25, -0.2) is 0 Å². The summed E-state index contributed by atoms with van der Waals surface area (Å²) in [5.74, 6) is 0.827. The number of hydrogen-bond acceptors (Lipinski definition) is 1. The van der Waals surface area contributed by atoms with Crippen LogP contribution in [0.5, 0.6) is 0 Å². The zero-order chi connectivity index (χ0) is 9.97. The van der Waals surface area contributed by atoms with E-state index in [0.717, 1.165) is 12.2 Å². The van der Waals surface area contributed by atoms with E-state index in [9.17, 15) is 0 Å². The highest BCUT2D eigenvalue weighted by Gasteiger charge is 2.01. The molecule has 0 aromatic heterocycles. The molecule has 0 amide bonds. The number of benzene rings is 2. The van der Waals surface area contributed by atoms with Crippen molar-refractivity contribution < 1.29 is 0 Å². The number of fused-ring (bicyclic) bond motifs is 1. The largest absolute Gasteiger partial charge is 0.175 e. The van der Waals surface area contributed by atoms with Gasteiger partial charge in [-0.1, -0.05) is 43.3 Å². The van der Waals surface area contributed by atoms with Crippen molar-refractivity contribution in [2.24, 2.45) is 0 Å². The number of aryl methyl sites for hydroxylation is 1. The molecule has 0 spiro atoms. The normalized spacial score (nSPS) is 10.7. The molecule has 0 unspecified atom stereocenters. The van der Waals surface area contributed by atoms with Gasteiger partial charge < -0.3 is 0 Å². The third-order valence-electron chi connectivity index (χ3n) is 2.62. The van der Waals surface area contributed by atoms with Gasteiger partial charge in [-0.2, -0.15) is 12.6 Å². The topological polar surface area (TPSA) is 0 Å². The first-order valence-corrected chi connectivity index (χ1v) is 5.59. The summed E-state index contributed by atoms with van der Waals surface area (Å²) >= 11 is 4.36. The fourth-order valence-electron chi connectivity index (χ4n) is 1.81. The molecule has 14 heavy (non-hydrogen) atoms. The van der Waals surface area contributed by atoms with Crippen LogP contribution in [0.15, 0.2) is 36.4 Å². The SMILES string of the molecule is CCc1cc2ccccc2cc1CS. The first kappa shape index (κ1) is 9.60. The fraction of sp³-hybridized carbons (Fsp3) is 0.231. The number of rotatable bonds is 2. The average molecular weight is 202 g/mol. The van der Waals surface area contributed by atoms with Crippen molar-refractivity contribution in [3.8, 4) is 0 Å². The summed E-state index contributed by atoms with van der Waals surface area (Å²) in [7, 11) is 0. The zero-order valence-electron chi connectivity index (χ0n) is 8.33. The van der Waals surface area contributed by atoms with Gasteiger partial charge in [-0.15, -0.1) is 0 Å². The van der Waals surface area contributed by atoms with E-state index >= 15 is 0 Å². The van der Waals surface area contributed by atoms with E-state index in [1.165, 1.54) is 21.9 Å².